The van der Waals surface area contributed by atoms with Crippen molar-refractivity contribution in [3.05, 3.63) is 0 Å². The van der Waals surface area contributed by atoms with Gasteiger partial charge in [0.25, 0.3) is 0 Å². The quantitative estimate of drug-likeness (QED) is 0.0981. The first kappa shape index (κ1) is 53.1. The van der Waals surface area contributed by atoms with Gasteiger partial charge in [-0.05, 0) is 41.5 Å². The first-order valence-electron chi connectivity index (χ1n) is 25.2. The highest BCUT2D eigenvalue weighted by atomic mass is 16.8. The Labute approximate surface area is 414 Å². The molecule has 0 aromatic rings. The van der Waals surface area contributed by atoms with Gasteiger partial charge >= 0.3 is 18.3 Å². The molecule has 0 aliphatic carbocycles. The summed E-state index contributed by atoms with van der Waals surface area (Å²) in [6.07, 6.45) is -4.77. The van der Waals surface area contributed by atoms with E-state index in [-0.39, 0.29) is 94.4 Å². The second-order valence-electron chi connectivity index (χ2n) is 21.1. The summed E-state index contributed by atoms with van der Waals surface area (Å²) in [7, 11) is 0. The third kappa shape index (κ3) is 12.7. The van der Waals surface area contributed by atoms with Gasteiger partial charge in [0, 0.05) is 5.41 Å². The van der Waals surface area contributed by atoms with E-state index in [0.29, 0.717) is 98.9 Å². The minimum atomic E-state index is -0.844. The Kier molecular flexibility index (Phi) is 16.9. The smallest absolute Gasteiger partial charge is 0.410 e. The summed E-state index contributed by atoms with van der Waals surface area (Å²) in [6.45, 7) is 19.8. The summed E-state index contributed by atoms with van der Waals surface area (Å²) >= 11 is 0. The van der Waals surface area contributed by atoms with Crippen molar-refractivity contribution < 1.29 is 99.6 Å². The lowest BCUT2D eigenvalue weighted by atomic mass is 9.94. The van der Waals surface area contributed by atoms with Gasteiger partial charge in [0.15, 0.2) is 17.4 Å². The van der Waals surface area contributed by atoms with Gasteiger partial charge in [-0.15, -0.1) is 0 Å². The van der Waals surface area contributed by atoms with Crippen molar-refractivity contribution in [3.8, 4) is 0 Å². The Morgan fingerprint density at radius 2 is 0.704 bits per heavy atom. The zero-order chi connectivity index (χ0) is 50.0. The third-order valence-corrected chi connectivity index (χ3v) is 14.1. The molecular weight excluding hydrogens is 943 g/mol. The van der Waals surface area contributed by atoms with Crippen molar-refractivity contribution in [2.24, 2.45) is 5.41 Å². The molecule has 9 fully saturated rings. The number of hydrogen-bond donors (Lipinski definition) is 0. The third-order valence-electron chi connectivity index (χ3n) is 14.1. The van der Waals surface area contributed by atoms with Crippen LogP contribution in [-0.4, -0.2) is 262 Å². The predicted molar refractivity (Wildman–Crippen MR) is 239 cm³/mol. The van der Waals surface area contributed by atoms with Crippen LogP contribution in [0.15, 0.2) is 0 Å². The molecular formula is C47H75N3O21. The average Bonchev–Trinajstić information content (AvgIpc) is 4.19. The Hall–Kier alpha value is -2.79. The van der Waals surface area contributed by atoms with Crippen LogP contribution in [0.5, 0.6) is 0 Å². The van der Waals surface area contributed by atoms with E-state index >= 15 is 0 Å². The van der Waals surface area contributed by atoms with E-state index in [1.165, 1.54) is 0 Å². The normalized spacial score (nSPS) is 36.2. The zero-order valence-corrected chi connectivity index (χ0v) is 42.2. The molecule has 9 saturated heterocycles. The molecule has 0 bridgehead atoms. The van der Waals surface area contributed by atoms with Crippen molar-refractivity contribution in [3.63, 3.8) is 0 Å². The Balaban J connectivity index is 0.721. The Bertz CT molecular complexity index is 1610. The summed E-state index contributed by atoms with van der Waals surface area (Å²) in [6, 6.07) is -0.963. The maximum Gasteiger partial charge on any atom is 0.410 e. The topological polar surface area (TPSA) is 227 Å². The molecule has 24 heteroatoms. The van der Waals surface area contributed by atoms with Crippen LogP contribution >= 0.6 is 0 Å². The fraction of sp³-hybridized carbons (Fsp3) is 0.936. The second kappa shape index (κ2) is 22.6. The molecule has 9 rings (SSSR count). The van der Waals surface area contributed by atoms with Crippen molar-refractivity contribution in [1.29, 1.82) is 0 Å². The highest BCUT2D eigenvalue weighted by molar-refractivity contribution is 5.71. The van der Waals surface area contributed by atoms with Gasteiger partial charge in [0.05, 0.1) is 137 Å². The van der Waals surface area contributed by atoms with Crippen molar-refractivity contribution in [2.45, 2.75) is 139 Å². The maximum atomic E-state index is 12.4. The largest absolute Gasteiger partial charge is 0.448 e. The van der Waals surface area contributed by atoms with Crippen LogP contribution in [0.2, 0.25) is 0 Å². The van der Waals surface area contributed by atoms with Crippen molar-refractivity contribution >= 4 is 18.3 Å². The van der Waals surface area contributed by atoms with E-state index in [1.807, 2.05) is 48.5 Å². The van der Waals surface area contributed by atoms with E-state index in [1.54, 1.807) is 14.7 Å². The molecule has 0 aromatic carbocycles. The number of carbonyl (C=O) groups excluding carboxylic acids is 3. The SMILES string of the molecule is CC(COCCOC[C@H]1OC[C@@H](N2CCOC2=O)[C@H]2OC(C)(C)O[C@H]21)(COCCOC[C@H]1OC[C@@H](N2CCOC2=O)[C@H]2OC(C)(C)O[C@H]21)COCCOC[C@H]1OC[C@@H](N2CCOC2=O)[C@H]2OC(C)(C)O[C@H]21. The van der Waals surface area contributed by atoms with Crippen LogP contribution in [0.3, 0.4) is 0 Å². The maximum absolute atomic E-state index is 12.4. The number of amides is 3. The zero-order valence-electron chi connectivity index (χ0n) is 42.2. The lowest BCUT2D eigenvalue weighted by Gasteiger charge is -2.40. The minimum absolute atomic E-state index is 0.250. The highest BCUT2D eigenvalue weighted by Crippen LogP contribution is 2.41. The summed E-state index contributed by atoms with van der Waals surface area (Å²) < 4.78 is 108. The molecule has 0 saturated carbocycles. The molecule has 0 N–H and O–H groups in total. The predicted octanol–water partition coefficient (Wildman–Crippen LogP) is 1.31. The van der Waals surface area contributed by atoms with Gasteiger partial charge < -0.3 is 85.3 Å². The van der Waals surface area contributed by atoms with Crippen LogP contribution in [0.25, 0.3) is 0 Å². The second-order valence-corrected chi connectivity index (χ2v) is 21.1. The van der Waals surface area contributed by atoms with Crippen LogP contribution in [0, 0.1) is 5.41 Å². The number of carbonyl (C=O) groups is 3. The molecule has 0 radical (unpaired) electrons. The van der Waals surface area contributed by atoms with Gasteiger partial charge in [0.2, 0.25) is 0 Å². The van der Waals surface area contributed by atoms with Crippen LogP contribution in [0.1, 0.15) is 48.5 Å². The lowest BCUT2D eigenvalue weighted by Crippen LogP contribution is -2.59. The van der Waals surface area contributed by atoms with E-state index in [9.17, 15) is 14.4 Å². The van der Waals surface area contributed by atoms with Crippen LogP contribution in [0.4, 0.5) is 14.4 Å². The molecule has 9 aliphatic heterocycles. The Morgan fingerprint density at radius 1 is 0.437 bits per heavy atom. The van der Waals surface area contributed by atoms with E-state index in [0.717, 1.165) is 0 Å². The van der Waals surface area contributed by atoms with E-state index < -0.39 is 59.4 Å². The lowest BCUT2D eigenvalue weighted by molar-refractivity contribution is -0.162. The summed E-state index contributed by atoms with van der Waals surface area (Å²) in [5, 5.41) is 0. The molecule has 9 aliphatic rings. The molecule has 0 unspecified atom stereocenters. The van der Waals surface area contributed by atoms with Gasteiger partial charge in [-0.2, -0.15) is 0 Å². The average molecular weight is 1020 g/mol. The monoisotopic (exact) mass is 1020 g/mol. The first-order chi connectivity index (χ1) is 34.0. The van der Waals surface area contributed by atoms with Crippen molar-refractivity contribution in [1.82, 2.24) is 14.7 Å². The fourth-order valence-corrected chi connectivity index (χ4v) is 10.8. The number of ether oxygens (including phenoxy) is 18. The van der Waals surface area contributed by atoms with Crippen LogP contribution in [-0.2, 0) is 85.3 Å². The minimum Gasteiger partial charge on any atom is -0.448 e. The number of hydrogen-bond acceptors (Lipinski definition) is 21. The molecule has 71 heavy (non-hydrogen) atoms. The molecule has 9 heterocycles. The molecule has 24 nitrogen and oxygen atoms in total. The fourth-order valence-electron chi connectivity index (χ4n) is 10.8. The van der Waals surface area contributed by atoms with Gasteiger partial charge in [-0.1, -0.05) is 6.92 Å². The number of fused-ring (bicyclic) bond motifs is 3. The molecule has 3 amide bonds. The van der Waals surface area contributed by atoms with E-state index in [2.05, 4.69) is 0 Å². The van der Waals surface area contributed by atoms with Gasteiger partial charge in [0.1, 0.15) is 74.8 Å². The number of cyclic esters (lactones) is 3. The van der Waals surface area contributed by atoms with E-state index in [4.69, 9.17) is 85.3 Å². The first-order valence-corrected chi connectivity index (χ1v) is 25.2. The molecule has 0 aromatic heterocycles. The standard InChI is InChI=1S/C47H75N3O21/c1-44(2)66-35-29(48-8-11-60-41(48)51)20-63-32(38(35)69-44)23-54-14-17-57-26-47(7,27-58-18-15-55-24-33-39-36(67-45(3,4)70-39)30(21-64-33)49-9-12-61-42(49)52)28-59-19-16-56-25-34-40-37(68-46(5,6)71-40)31(22-65-34)50-10-13-62-43(50)53/h29-40H,8-28H2,1-7H3/t29-,30-,31-,32-,33-,34-,35-,36-,37-,38+,39+,40+/m1/s1. The summed E-state index contributed by atoms with van der Waals surface area (Å²) in [4.78, 5) is 42.1. The Morgan fingerprint density at radius 3 is 0.972 bits per heavy atom. The number of rotatable bonds is 24. The van der Waals surface area contributed by atoms with Crippen molar-refractivity contribution in [2.75, 3.05) is 139 Å². The molecule has 12 atom stereocenters. The van der Waals surface area contributed by atoms with Crippen LogP contribution < -0.4 is 0 Å². The summed E-state index contributed by atoms with van der Waals surface area (Å²) in [5.74, 6) is -2.53. The summed E-state index contributed by atoms with van der Waals surface area (Å²) in [5.41, 5.74) is -0.565. The molecule has 404 valence electrons. The number of nitrogens with zero attached hydrogens (tertiary/aromatic N) is 3. The molecule has 0 spiro atoms. The van der Waals surface area contributed by atoms with Gasteiger partial charge in [-0.3, -0.25) is 14.7 Å². The highest BCUT2D eigenvalue weighted by Gasteiger charge is 2.57. The van der Waals surface area contributed by atoms with Gasteiger partial charge in [-0.25, -0.2) is 14.4 Å².